The number of hydroxylamine groups is 2. The molecule has 0 N–H and O–H groups in total. The van der Waals surface area contributed by atoms with Crippen LogP contribution < -0.4 is 51.4 Å². The fourth-order valence-corrected chi connectivity index (χ4v) is 1.96. The van der Waals surface area contributed by atoms with E-state index in [-0.39, 0.29) is 69.5 Å². The first kappa shape index (κ1) is 16.1. The molecule has 0 fully saturated rings. The van der Waals surface area contributed by atoms with Crippen LogP contribution in [0, 0.1) is 0 Å². The molecular formula is C15H10KNO4. The van der Waals surface area contributed by atoms with Crippen molar-refractivity contribution in [3.8, 4) is 0 Å². The van der Waals surface area contributed by atoms with Crippen LogP contribution in [0.1, 0.15) is 32.5 Å². The molecule has 3 rings (SSSR count). The summed E-state index contributed by atoms with van der Waals surface area (Å²) in [6.07, 6.45) is 0. The molecule has 2 amide bonds. The standard InChI is InChI=1S/C15H9NO4.K.H/c17-13-11-8-4-5-9-12(11)14(18)16(13)20-15(19)10-6-2-1-3-7-10;;/h1-9H;;/q;+1;-1. The molecule has 6 heteroatoms. The number of hydrogen-bond acceptors (Lipinski definition) is 4. The van der Waals surface area contributed by atoms with Gasteiger partial charge in [-0.2, -0.15) is 0 Å². The Kier molecular flexibility index (Phi) is 5.07. The molecular weight excluding hydrogens is 297 g/mol. The number of carbonyl (C=O) groups is 3. The van der Waals surface area contributed by atoms with Crippen molar-refractivity contribution in [2.24, 2.45) is 0 Å². The third-order valence-electron chi connectivity index (χ3n) is 2.94. The Labute approximate surface area is 164 Å². The molecule has 0 spiro atoms. The molecule has 0 aromatic heterocycles. The maximum atomic E-state index is 12.0. The Morgan fingerprint density at radius 2 is 1.33 bits per heavy atom. The van der Waals surface area contributed by atoms with E-state index in [9.17, 15) is 14.4 Å². The van der Waals surface area contributed by atoms with Gasteiger partial charge >= 0.3 is 57.4 Å². The van der Waals surface area contributed by atoms with Gasteiger partial charge in [0.15, 0.2) is 0 Å². The first-order valence-corrected chi connectivity index (χ1v) is 5.93. The van der Waals surface area contributed by atoms with E-state index < -0.39 is 17.8 Å². The van der Waals surface area contributed by atoms with Crippen LogP contribution in [0.15, 0.2) is 54.6 Å². The van der Waals surface area contributed by atoms with Crippen molar-refractivity contribution in [2.45, 2.75) is 0 Å². The first-order chi connectivity index (χ1) is 9.68. The minimum Gasteiger partial charge on any atom is -1.00 e. The number of benzene rings is 2. The maximum Gasteiger partial charge on any atom is 1.00 e. The Balaban J connectivity index is 0.00000121. The zero-order valence-electron chi connectivity index (χ0n) is 12.3. The van der Waals surface area contributed by atoms with Gasteiger partial charge in [-0.1, -0.05) is 35.4 Å². The second kappa shape index (κ2) is 6.63. The van der Waals surface area contributed by atoms with Crippen molar-refractivity contribution in [3.63, 3.8) is 0 Å². The van der Waals surface area contributed by atoms with Crippen molar-refractivity contribution in [1.29, 1.82) is 0 Å². The molecule has 100 valence electrons. The quantitative estimate of drug-likeness (QED) is 0.537. The van der Waals surface area contributed by atoms with Crippen molar-refractivity contribution in [1.82, 2.24) is 5.06 Å². The van der Waals surface area contributed by atoms with E-state index >= 15 is 0 Å². The number of amides is 2. The number of nitrogens with zero attached hydrogens (tertiary/aromatic N) is 1. The van der Waals surface area contributed by atoms with E-state index in [4.69, 9.17) is 4.84 Å². The fourth-order valence-electron chi connectivity index (χ4n) is 1.96. The van der Waals surface area contributed by atoms with Crippen LogP contribution >= 0.6 is 0 Å². The van der Waals surface area contributed by atoms with Gasteiger partial charge in [-0.25, -0.2) is 4.79 Å². The molecule has 1 aliphatic heterocycles. The minimum atomic E-state index is -0.750. The maximum absolute atomic E-state index is 12.0. The van der Waals surface area contributed by atoms with E-state index in [2.05, 4.69) is 0 Å². The fraction of sp³-hybridized carbons (Fsp3) is 0. The zero-order chi connectivity index (χ0) is 14.1. The molecule has 0 bridgehead atoms. The summed E-state index contributed by atoms with van der Waals surface area (Å²) in [5, 5.41) is 0.500. The summed E-state index contributed by atoms with van der Waals surface area (Å²) in [6, 6.07) is 14.5. The summed E-state index contributed by atoms with van der Waals surface area (Å²) < 4.78 is 0. The molecule has 5 nitrogen and oxygen atoms in total. The summed E-state index contributed by atoms with van der Waals surface area (Å²) in [4.78, 5) is 40.8. The van der Waals surface area contributed by atoms with Crippen LogP contribution in [0.4, 0.5) is 0 Å². The smallest absolute Gasteiger partial charge is 1.00 e. The zero-order valence-corrected chi connectivity index (χ0v) is 14.4. The summed E-state index contributed by atoms with van der Waals surface area (Å²) in [5.41, 5.74) is 0.737. The van der Waals surface area contributed by atoms with Gasteiger partial charge in [0.25, 0.3) is 11.8 Å². The number of fused-ring (bicyclic) bond motifs is 1. The average Bonchev–Trinajstić information content (AvgIpc) is 2.74. The van der Waals surface area contributed by atoms with Crippen LogP contribution in [0.3, 0.4) is 0 Å². The third-order valence-corrected chi connectivity index (χ3v) is 2.94. The SMILES string of the molecule is O=C(ON1C(=O)c2ccccc2C1=O)c1ccccc1.[H-].[K+]. The normalized spacial score (nSPS) is 12.7. The summed E-state index contributed by atoms with van der Waals surface area (Å²) in [6.45, 7) is 0. The van der Waals surface area contributed by atoms with Crippen LogP contribution in [0.25, 0.3) is 0 Å². The van der Waals surface area contributed by atoms with Crippen LogP contribution in [-0.4, -0.2) is 22.8 Å². The second-order valence-electron chi connectivity index (χ2n) is 4.20. The third kappa shape index (κ3) is 2.99. The van der Waals surface area contributed by atoms with Crippen molar-refractivity contribution in [2.75, 3.05) is 0 Å². The Bertz CT molecular complexity index is 685. The van der Waals surface area contributed by atoms with E-state index in [1.54, 1.807) is 42.5 Å². The average molecular weight is 307 g/mol. The van der Waals surface area contributed by atoms with Crippen LogP contribution in [0.2, 0.25) is 0 Å². The van der Waals surface area contributed by atoms with Crippen molar-refractivity contribution < 1.29 is 72.0 Å². The molecule has 0 aliphatic carbocycles. The summed E-state index contributed by atoms with van der Waals surface area (Å²) >= 11 is 0. The second-order valence-corrected chi connectivity index (χ2v) is 4.20. The number of carbonyl (C=O) groups excluding carboxylic acids is 3. The van der Waals surface area contributed by atoms with Gasteiger partial charge in [0.1, 0.15) is 0 Å². The van der Waals surface area contributed by atoms with Crippen LogP contribution in [-0.2, 0) is 4.84 Å². The molecule has 2 aromatic carbocycles. The molecule has 0 atom stereocenters. The molecule has 21 heavy (non-hydrogen) atoms. The van der Waals surface area contributed by atoms with Crippen molar-refractivity contribution >= 4 is 17.8 Å². The van der Waals surface area contributed by atoms with E-state index in [0.717, 1.165) is 0 Å². The van der Waals surface area contributed by atoms with Gasteiger partial charge in [0.2, 0.25) is 0 Å². The Hall–Kier alpha value is -1.31. The van der Waals surface area contributed by atoms with E-state index in [1.165, 1.54) is 12.1 Å². The van der Waals surface area contributed by atoms with Crippen molar-refractivity contribution in [3.05, 3.63) is 71.3 Å². The van der Waals surface area contributed by atoms with Gasteiger partial charge in [0.05, 0.1) is 16.7 Å². The topological polar surface area (TPSA) is 63.7 Å². The molecule has 0 saturated heterocycles. The first-order valence-electron chi connectivity index (χ1n) is 5.93. The van der Waals surface area contributed by atoms with E-state index in [1.807, 2.05) is 0 Å². The number of rotatable bonds is 2. The molecule has 0 unspecified atom stereocenters. The Morgan fingerprint density at radius 3 is 1.86 bits per heavy atom. The Morgan fingerprint density at radius 1 is 0.857 bits per heavy atom. The molecule has 1 aliphatic rings. The number of hydrogen-bond donors (Lipinski definition) is 0. The molecule has 1 heterocycles. The predicted molar refractivity (Wildman–Crippen MR) is 69.9 cm³/mol. The van der Waals surface area contributed by atoms with Gasteiger partial charge < -0.3 is 6.26 Å². The molecule has 2 aromatic rings. The molecule has 0 radical (unpaired) electrons. The number of imide groups is 1. The van der Waals surface area contributed by atoms with Gasteiger partial charge in [0, 0.05) is 0 Å². The van der Waals surface area contributed by atoms with Gasteiger partial charge in [-0.3, -0.25) is 9.59 Å². The van der Waals surface area contributed by atoms with Crippen LogP contribution in [0.5, 0.6) is 0 Å². The monoisotopic (exact) mass is 307 g/mol. The summed E-state index contributed by atoms with van der Waals surface area (Å²) in [7, 11) is 0. The predicted octanol–water partition coefficient (Wildman–Crippen LogP) is -0.829. The minimum absolute atomic E-state index is 0. The van der Waals surface area contributed by atoms with E-state index in [0.29, 0.717) is 5.06 Å². The largest absolute Gasteiger partial charge is 1.00 e. The molecule has 0 saturated carbocycles. The summed E-state index contributed by atoms with van der Waals surface area (Å²) in [5.74, 6) is -2.01. The van der Waals surface area contributed by atoms with Gasteiger partial charge in [-0.05, 0) is 24.3 Å². The van der Waals surface area contributed by atoms with Gasteiger partial charge in [-0.15, -0.1) is 0 Å².